The molecule has 0 fully saturated rings. The molecule has 0 atom stereocenters. The van der Waals surface area contributed by atoms with Gasteiger partial charge in [0.25, 0.3) is 0 Å². The molecule has 2 aromatic rings. The molecule has 1 aromatic heterocycles. The summed E-state index contributed by atoms with van der Waals surface area (Å²) < 4.78 is 3.40. The number of rotatable bonds is 5. The van der Waals surface area contributed by atoms with Gasteiger partial charge in [-0.15, -0.1) is 10.2 Å². The van der Waals surface area contributed by atoms with Gasteiger partial charge >= 0.3 is 0 Å². The van der Waals surface area contributed by atoms with E-state index < -0.39 is 0 Å². The number of benzene rings is 1. The Hall–Kier alpha value is -1.01. The van der Waals surface area contributed by atoms with E-state index in [9.17, 15) is 0 Å². The van der Waals surface area contributed by atoms with Crippen LogP contribution in [0, 0.1) is 0 Å². The molecular formula is C15H19BrN4S. The van der Waals surface area contributed by atoms with Crippen LogP contribution in [0.15, 0.2) is 33.9 Å². The Morgan fingerprint density at radius 1 is 1.19 bits per heavy atom. The Morgan fingerprint density at radius 2 is 2.10 bits per heavy atom. The van der Waals surface area contributed by atoms with Crippen LogP contribution >= 0.6 is 27.7 Å². The molecule has 1 N–H and O–H groups in total. The van der Waals surface area contributed by atoms with Crippen molar-refractivity contribution < 1.29 is 0 Å². The molecule has 6 heteroatoms. The van der Waals surface area contributed by atoms with E-state index in [4.69, 9.17) is 0 Å². The lowest BCUT2D eigenvalue weighted by Crippen LogP contribution is -2.07. The van der Waals surface area contributed by atoms with Gasteiger partial charge in [-0.25, -0.2) is 0 Å². The summed E-state index contributed by atoms with van der Waals surface area (Å²) in [6, 6.07) is 8.19. The number of nitrogens with one attached hydrogen (secondary N) is 1. The van der Waals surface area contributed by atoms with Crippen LogP contribution in [0.5, 0.6) is 0 Å². The van der Waals surface area contributed by atoms with E-state index in [1.807, 2.05) is 18.2 Å². The summed E-state index contributed by atoms with van der Waals surface area (Å²) >= 11 is 5.34. The summed E-state index contributed by atoms with van der Waals surface area (Å²) in [5.41, 5.74) is 1.14. The Balaban J connectivity index is 1.52. The van der Waals surface area contributed by atoms with Gasteiger partial charge in [-0.1, -0.05) is 30.3 Å². The number of nitrogens with zero attached hydrogens (tertiary/aromatic N) is 3. The van der Waals surface area contributed by atoms with Crippen molar-refractivity contribution in [2.45, 2.75) is 37.4 Å². The summed E-state index contributed by atoms with van der Waals surface area (Å²) in [7, 11) is 0. The maximum Gasteiger partial charge on any atom is 0.191 e. The Bertz CT molecular complexity index is 599. The van der Waals surface area contributed by atoms with Crippen molar-refractivity contribution in [1.82, 2.24) is 14.8 Å². The zero-order valence-electron chi connectivity index (χ0n) is 11.9. The van der Waals surface area contributed by atoms with Crippen LogP contribution in [0.25, 0.3) is 0 Å². The van der Waals surface area contributed by atoms with Gasteiger partial charge in [0, 0.05) is 35.4 Å². The Labute approximate surface area is 137 Å². The molecule has 112 valence electrons. The van der Waals surface area contributed by atoms with Gasteiger partial charge in [0.05, 0.1) is 0 Å². The summed E-state index contributed by atoms with van der Waals surface area (Å²) in [6.07, 6.45) is 4.86. The first-order valence-corrected chi connectivity index (χ1v) is 9.16. The Kier molecular flexibility index (Phi) is 5.19. The molecule has 0 unspecified atom stereocenters. The minimum atomic E-state index is 0.912. The van der Waals surface area contributed by atoms with Crippen molar-refractivity contribution in [3.05, 3.63) is 34.6 Å². The van der Waals surface area contributed by atoms with Gasteiger partial charge in [0.2, 0.25) is 0 Å². The van der Waals surface area contributed by atoms with Crippen LogP contribution in [0.2, 0.25) is 0 Å². The van der Waals surface area contributed by atoms with Crippen LogP contribution in [0.4, 0.5) is 5.69 Å². The predicted octanol–water partition coefficient (Wildman–Crippen LogP) is 3.97. The van der Waals surface area contributed by atoms with E-state index in [0.29, 0.717) is 0 Å². The number of aromatic nitrogens is 3. The molecule has 0 saturated heterocycles. The van der Waals surface area contributed by atoms with Gasteiger partial charge in [0.1, 0.15) is 5.82 Å². The first-order valence-electron chi connectivity index (χ1n) is 7.38. The average Bonchev–Trinajstić information content (AvgIpc) is 2.73. The first-order chi connectivity index (χ1) is 10.3. The monoisotopic (exact) mass is 366 g/mol. The second kappa shape index (κ2) is 7.31. The molecule has 1 aliphatic rings. The third-order valence-electron chi connectivity index (χ3n) is 3.60. The average molecular weight is 367 g/mol. The minimum Gasteiger partial charge on any atom is -0.383 e. The topological polar surface area (TPSA) is 42.7 Å². The number of halogens is 1. The van der Waals surface area contributed by atoms with E-state index in [-0.39, 0.29) is 0 Å². The van der Waals surface area contributed by atoms with Crippen molar-refractivity contribution in [3.8, 4) is 0 Å². The number of anilines is 1. The molecular weight excluding hydrogens is 348 g/mol. The Morgan fingerprint density at radius 3 is 3.00 bits per heavy atom. The third kappa shape index (κ3) is 3.80. The molecule has 0 bridgehead atoms. The maximum atomic E-state index is 4.34. The molecule has 1 aliphatic heterocycles. The third-order valence-corrected chi connectivity index (χ3v) is 5.26. The van der Waals surface area contributed by atoms with E-state index in [1.165, 1.54) is 19.3 Å². The normalized spacial score (nSPS) is 14.5. The highest BCUT2D eigenvalue weighted by Crippen LogP contribution is 2.23. The molecule has 1 aromatic carbocycles. The molecule has 2 heterocycles. The minimum absolute atomic E-state index is 0.912. The predicted molar refractivity (Wildman–Crippen MR) is 90.9 cm³/mol. The summed E-state index contributed by atoms with van der Waals surface area (Å²) in [5, 5.41) is 13.2. The highest BCUT2D eigenvalue weighted by Gasteiger charge is 2.14. The van der Waals surface area contributed by atoms with Gasteiger partial charge in [0.15, 0.2) is 5.16 Å². The fourth-order valence-electron chi connectivity index (χ4n) is 2.50. The molecule has 3 rings (SSSR count). The zero-order valence-corrected chi connectivity index (χ0v) is 14.3. The van der Waals surface area contributed by atoms with E-state index in [2.05, 4.69) is 42.1 Å². The van der Waals surface area contributed by atoms with Gasteiger partial charge in [-0.05, 0) is 40.9 Å². The van der Waals surface area contributed by atoms with E-state index >= 15 is 0 Å². The van der Waals surface area contributed by atoms with Gasteiger partial charge in [-0.3, -0.25) is 0 Å². The second-order valence-electron chi connectivity index (χ2n) is 5.12. The van der Waals surface area contributed by atoms with Crippen LogP contribution in [0.3, 0.4) is 0 Å². The quantitative estimate of drug-likeness (QED) is 0.642. The standard InChI is InChI=1S/C15H19BrN4S/c16-12-6-3-4-7-13(12)17-9-11-21-15-19-18-14-8-2-1-5-10-20(14)15/h3-4,6-7,17H,1-2,5,8-11H2. The fourth-order valence-corrected chi connectivity index (χ4v) is 3.76. The number of thioether (sulfide) groups is 1. The second-order valence-corrected chi connectivity index (χ2v) is 7.03. The lowest BCUT2D eigenvalue weighted by Gasteiger charge is -2.09. The van der Waals surface area contributed by atoms with Crippen LogP contribution < -0.4 is 5.32 Å². The summed E-state index contributed by atoms with van der Waals surface area (Å²) in [4.78, 5) is 0. The van der Waals surface area contributed by atoms with Crippen LogP contribution in [-0.4, -0.2) is 27.1 Å². The van der Waals surface area contributed by atoms with Gasteiger partial charge in [-0.2, -0.15) is 0 Å². The lowest BCUT2D eigenvalue weighted by molar-refractivity contribution is 0.591. The van der Waals surface area contributed by atoms with Crippen molar-refractivity contribution in [2.75, 3.05) is 17.6 Å². The van der Waals surface area contributed by atoms with E-state index in [0.717, 1.165) is 46.4 Å². The van der Waals surface area contributed by atoms with Crippen molar-refractivity contribution >= 4 is 33.4 Å². The lowest BCUT2D eigenvalue weighted by atomic mass is 10.2. The highest BCUT2D eigenvalue weighted by atomic mass is 79.9. The van der Waals surface area contributed by atoms with Crippen LogP contribution in [0.1, 0.15) is 25.1 Å². The number of para-hydroxylation sites is 1. The first kappa shape index (κ1) is 14.9. The summed E-state index contributed by atoms with van der Waals surface area (Å²) in [6.45, 7) is 1.98. The zero-order chi connectivity index (χ0) is 14.5. The number of fused-ring (bicyclic) bond motifs is 1. The number of hydrogen-bond acceptors (Lipinski definition) is 4. The van der Waals surface area contributed by atoms with E-state index in [1.54, 1.807) is 11.8 Å². The highest BCUT2D eigenvalue weighted by molar-refractivity contribution is 9.10. The van der Waals surface area contributed by atoms with Crippen molar-refractivity contribution in [1.29, 1.82) is 0 Å². The molecule has 0 spiro atoms. The van der Waals surface area contributed by atoms with Gasteiger partial charge < -0.3 is 9.88 Å². The SMILES string of the molecule is Brc1ccccc1NCCSc1nnc2n1CCCCC2. The fraction of sp³-hybridized carbons (Fsp3) is 0.467. The molecule has 21 heavy (non-hydrogen) atoms. The summed E-state index contributed by atoms with van der Waals surface area (Å²) in [5.74, 6) is 2.15. The molecule has 0 amide bonds. The van der Waals surface area contributed by atoms with Crippen molar-refractivity contribution in [2.24, 2.45) is 0 Å². The number of aryl methyl sites for hydroxylation is 1. The number of hydrogen-bond donors (Lipinski definition) is 1. The molecule has 4 nitrogen and oxygen atoms in total. The largest absolute Gasteiger partial charge is 0.383 e. The van der Waals surface area contributed by atoms with Crippen LogP contribution in [-0.2, 0) is 13.0 Å². The maximum absolute atomic E-state index is 4.34. The smallest absolute Gasteiger partial charge is 0.191 e. The molecule has 0 aliphatic carbocycles. The van der Waals surface area contributed by atoms with Crippen molar-refractivity contribution in [3.63, 3.8) is 0 Å². The molecule has 0 radical (unpaired) electrons. The molecule has 0 saturated carbocycles.